The first-order chi connectivity index (χ1) is 12.8. The SMILES string of the molecule is Cc1cc2oc(NC(=O)Cn3cnc4c3c(C)cc(=O)n4C)nc2cc1Cl. The summed E-state index contributed by atoms with van der Waals surface area (Å²) in [5, 5.41) is 3.22. The van der Waals surface area contributed by atoms with E-state index in [1.54, 1.807) is 23.7 Å². The molecule has 0 aliphatic heterocycles. The van der Waals surface area contributed by atoms with Gasteiger partial charge in [-0.05, 0) is 37.1 Å². The number of nitrogens with one attached hydrogen (secondary N) is 1. The molecule has 0 spiro atoms. The van der Waals surface area contributed by atoms with Crippen LogP contribution < -0.4 is 10.9 Å². The summed E-state index contributed by atoms with van der Waals surface area (Å²) in [6.45, 7) is 3.68. The normalized spacial score (nSPS) is 11.4. The van der Waals surface area contributed by atoms with Crippen LogP contribution in [-0.2, 0) is 18.4 Å². The minimum Gasteiger partial charge on any atom is -0.423 e. The first-order valence-corrected chi connectivity index (χ1v) is 8.59. The monoisotopic (exact) mass is 385 g/mol. The number of aromatic nitrogens is 4. The summed E-state index contributed by atoms with van der Waals surface area (Å²) in [5.41, 5.74) is 3.85. The highest BCUT2D eigenvalue weighted by molar-refractivity contribution is 6.32. The number of carbonyl (C=O) groups is 1. The smallest absolute Gasteiger partial charge is 0.302 e. The number of carbonyl (C=O) groups excluding carboxylic acids is 1. The van der Waals surface area contributed by atoms with Gasteiger partial charge in [0.2, 0.25) is 5.91 Å². The number of nitrogens with zero attached hydrogens (tertiary/aromatic N) is 4. The Bertz CT molecular complexity index is 1230. The lowest BCUT2D eigenvalue weighted by atomic mass is 10.2. The Hall–Kier alpha value is -3.13. The second kappa shape index (κ2) is 6.24. The summed E-state index contributed by atoms with van der Waals surface area (Å²) < 4.78 is 8.70. The molecule has 1 amide bonds. The molecule has 0 aliphatic carbocycles. The fourth-order valence-electron chi connectivity index (χ4n) is 3.01. The number of amides is 1. The first kappa shape index (κ1) is 17.3. The van der Waals surface area contributed by atoms with Crippen LogP contribution in [0, 0.1) is 13.8 Å². The molecule has 27 heavy (non-hydrogen) atoms. The maximum atomic E-state index is 12.4. The number of fused-ring (bicyclic) bond motifs is 2. The van der Waals surface area contributed by atoms with E-state index in [9.17, 15) is 9.59 Å². The van der Waals surface area contributed by atoms with Gasteiger partial charge in [-0.3, -0.25) is 19.5 Å². The molecule has 4 aromatic rings. The zero-order chi connectivity index (χ0) is 19.3. The summed E-state index contributed by atoms with van der Waals surface area (Å²) in [7, 11) is 1.65. The zero-order valence-electron chi connectivity index (χ0n) is 14.9. The molecule has 138 valence electrons. The van der Waals surface area contributed by atoms with Gasteiger partial charge in [-0.1, -0.05) is 11.6 Å². The highest BCUT2D eigenvalue weighted by atomic mass is 35.5. The Morgan fingerprint density at radius 1 is 1.26 bits per heavy atom. The minimum absolute atomic E-state index is 0.00799. The van der Waals surface area contributed by atoms with Gasteiger partial charge in [-0.15, -0.1) is 0 Å². The van der Waals surface area contributed by atoms with E-state index in [1.165, 1.54) is 17.0 Å². The van der Waals surface area contributed by atoms with E-state index in [0.717, 1.165) is 16.6 Å². The molecule has 0 saturated carbocycles. The summed E-state index contributed by atoms with van der Waals surface area (Å²) in [5.74, 6) is -0.322. The number of halogens is 1. The first-order valence-electron chi connectivity index (χ1n) is 8.21. The maximum Gasteiger partial charge on any atom is 0.302 e. The van der Waals surface area contributed by atoms with Crippen molar-refractivity contribution in [3.8, 4) is 0 Å². The molecule has 0 aliphatic rings. The molecule has 1 aromatic carbocycles. The van der Waals surface area contributed by atoms with Gasteiger partial charge in [-0.25, -0.2) is 4.98 Å². The second-order valence-corrected chi connectivity index (χ2v) is 6.81. The number of oxazole rings is 1. The summed E-state index contributed by atoms with van der Waals surface area (Å²) in [4.78, 5) is 32.8. The van der Waals surface area contributed by atoms with Crippen LogP contribution in [0.3, 0.4) is 0 Å². The molecule has 0 bridgehead atoms. The number of aryl methyl sites for hydroxylation is 3. The molecule has 4 rings (SSSR count). The minimum atomic E-state index is -0.322. The number of hydrogen-bond donors (Lipinski definition) is 1. The number of pyridine rings is 1. The summed E-state index contributed by atoms with van der Waals surface area (Å²) >= 11 is 6.09. The average molecular weight is 386 g/mol. The van der Waals surface area contributed by atoms with Crippen molar-refractivity contribution in [1.82, 2.24) is 19.1 Å². The Morgan fingerprint density at radius 3 is 2.81 bits per heavy atom. The van der Waals surface area contributed by atoms with E-state index < -0.39 is 0 Å². The molecule has 9 heteroatoms. The quantitative estimate of drug-likeness (QED) is 0.585. The van der Waals surface area contributed by atoms with E-state index >= 15 is 0 Å². The Kier molecular flexibility index (Phi) is 4.00. The number of rotatable bonds is 3. The maximum absolute atomic E-state index is 12.4. The van der Waals surface area contributed by atoms with Gasteiger partial charge in [0.1, 0.15) is 12.1 Å². The van der Waals surface area contributed by atoms with Crippen LogP contribution >= 0.6 is 11.6 Å². The molecular formula is C18H16ClN5O3. The van der Waals surface area contributed by atoms with Gasteiger partial charge in [0.15, 0.2) is 11.2 Å². The van der Waals surface area contributed by atoms with Crippen molar-refractivity contribution in [3.05, 3.63) is 51.0 Å². The van der Waals surface area contributed by atoms with Crippen LogP contribution in [0.4, 0.5) is 6.01 Å². The lowest BCUT2D eigenvalue weighted by Gasteiger charge is -2.07. The van der Waals surface area contributed by atoms with Crippen LogP contribution in [0.5, 0.6) is 0 Å². The Balaban J connectivity index is 1.61. The van der Waals surface area contributed by atoms with Crippen molar-refractivity contribution in [2.24, 2.45) is 7.05 Å². The van der Waals surface area contributed by atoms with E-state index in [1.807, 2.05) is 13.8 Å². The third kappa shape index (κ3) is 2.97. The predicted molar refractivity (Wildman–Crippen MR) is 102 cm³/mol. The number of imidazole rings is 1. The fourth-order valence-corrected chi connectivity index (χ4v) is 3.17. The van der Waals surface area contributed by atoms with Gasteiger partial charge < -0.3 is 8.98 Å². The van der Waals surface area contributed by atoms with E-state index in [-0.39, 0.29) is 24.0 Å². The molecular weight excluding hydrogens is 370 g/mol. The lowest BCUT2D eigenvalue weighted by Crippen LogP contribution is -2.20. The van der Waals surface area contributed by atoms with Crippen molar-refractivity contribution in [2.75, 3.05) is 5.32 Å². The largest absolute Gasteiger partial charge is 0.423 e. The van der Waals surface area contributed by atoms with Crippen molar-refractivity contribution in [3.63, 3.8) is 0 Å². The highest BCUT2D eigenvalue weighted by Gasteiger charge is 2.15. The second-order valence-electron chi connectivity index (χ2n) is 6.41. The number of anilines is 1. The topological polar surface area (TPSA) is 95.0 Å². The van der Waals surface area contributed by atoms with Crippen molar-refractivity contribution >= 4 is 45.8 Å². The summed E-state index contributed by atoms with van der Waals surface area (Å²) in [6.07, 6.45) is 1.53. The number of hydrogen-bond acceptors (Lipinski definition) is 5. The molecule has 3 aromatic heterocycles. The third-order valence-corrected chi connectivity index (χ3v) is 4.82. The zero-order valence-corrected chi connectivity index (χ0v) is 15.7. The van der Waals surface area contributed by atoms with Gasteiger partial charge >= 0.3 is 6.01 Å². The average Bonchev–Trinajstić information content (AvgIpc) is 3.17. The lowest BCUT2D eigenvalue weighted by molar-refractivity contribution is -0.116. The van der Waals surface area contributed by atoms with Crippen LogP contribution in [0.15, 0.2) is 33.7 Å². The molecule has 3 heterocycles. The van der Waals surface area contributed by atoms with Crippen molar-refractivity contribution < 1.29 is 9.21 Å². The molecule has 1 N–H and O–H groups in total. The van der Waals surface area contributed by atoms with Crippen molar-refractivity contribution in [1.29, 1.82) is 0 Å². The van der Waals surface area contributed by atoms with E-state index in [4.69, 9.17) is 16.0 Å². The molecule has 8 nitrogen and oxygen atoms in total. The van der Waals surface area contributed by atoms with Crippen molar-refractivity contribution in [2.45, 2.75) is 20.4 Å². The van der Waals surface area contributed by atoms with Gasteiger partial charge in [0.25, 0.3) is 5.56 Å². The third-order valence-electron chi connectivity index (χ3n) is 4.41. The van der Waals surface area contributed by atoms with Gasteiger partial charge in [0, 0.05) is 18.1 Å². The van der Waals surface area contributed by atoms with Crippen LogP contribution in [0.1, 0.15) is 11.1 Å². The highest BCUT2D eigenvalue weighted by Crippen LogP contribution is 2.25. The predicted octanol–water partition coefficient (Wildman–Crippen LogP) is 2.79. The number of benzene rings is 1. The van der Waals surface area contributed by atoms with Crippen LogP contribution in [-0.4, -0.2) is 25.0 Å². The Morgan fingerprint density at radius 2 is 2.04 bits per heavy atom. The van der Waals surface area contributed by atoms with Gasteiger partial charge in [0.05, 0.1) is 11.8 Å². The summed E-state index contributed by atoms with van der Waals surface area (Å²) in [6, 6.07) is 5.09. The Labute approximate surface area is 158 Å². The van der Waals surface area contributed by atoms with E-state index in [2.05, 4.69) is 15.3 Å². The van der Waals surface area contributed by atoms with E-state index in [0.29, 0.717) is 21.8 Å². The molecule has 0 unspecified atom stereocenters. The van der Waals surface area contributed by atoms with Crippen LogP contribution in [0.25, 0.3) is 22.3 Å². The fraction of sp³-hybridized carbons (Fsp3) is 0.222. The molecule has 0 radical (unpaired) electrons. The van der Waals surface area contributed by atoms with Crippen LogP contribution in [0.2, 0.25) is 5.02 Å². The molecule has 0 saturated heterocycles. The molecule has 0 atom stereocenters. The van der Waals surface area contributed by atoms with Gasteiger partial charge in [-0.2, -0.15) is 4.98 Å². The standard InChI is InChI=1S/C18H16ClN5O3/c1-9-4-13-12(6-11(9)19)21-18(27-13)22-14(25)7-24-8-20-17-16(24)10(2)5-15(26)23(17)3/h4-6,8H,7H2,1-3H3,(H,21,22,25). The molecule has 0 fully saturated rings.